The molecule has 7 rings (SSSR count). The van der Waals surface area contributed by atoms with Crippen LogP contribution in [0.15, 0.2) is 58.4 Å². The summed E-state index contributed by atoms with van der Waals surface area (Å²) < 4.78 is 11.5. The molecule has 4 saturated carbocycles. The van der Waals surface area contributed by atoms with E-state index in [9.17, 15) is 9.59 Å². The number of ether oxygens (including phenoxy) is 2. The summed E-state index contributed by atoms with van der Waals surface area (Å²) in [6.07, 6.45) is 8.52. The number of para-hydroxylation sites is 1. The number of hydrogen-bond acceptors (Lipinski definition) is 6. The monoisotopic (exact) mass is 488 g/mol. The first-order chi connectivity index (χ1) is 17.0. The van der Waals surface area contributed by atoms with Crippen molar-refractivity contribution < 1.29 is 19.1 Å². The summed E-state index contributed by atoms with van der Waals surface area (Å²) in [4.78, 5) is 30.9. The Balaban J connectivity index is 1.19. The lowest BCUT2D eigenvalue weighted by molar-refractivity contribution is -0.161. The van der Waals surface area contributed by atoms with Gasteiger partial charge in [0.15, 0.2) is 16.7 Å². The second-order valence-corrected chi connectivity index (χ2v) is 11.3. The van der Waals surface area contributed by atoms with Crippen LogP contribution in [-0.2, 0) is 9.59 Å². The number of carbonyl (C=O) groups is 2. The number of nitrogens with one attached hydrogen (secondary N) is 1. The van der Waals surface area contributed by atoms with Crippen LogP contribution < -0.4 is 14.8 Å². The average Bonchev–Trinajstić information content (AvgIpc) is 3.18. The van der Waals surface area contributed by atoms with Gasteiger partial charge in [-0.1, -0.05) is 24.3 Å². The lowest BCUT2D eigenvalue weighted by Gasteiger charge is -2.55. The molecule has 0 aromatic heterocycles. The fraction of sp³-hybridized carbons (Fsp3) is 0.393. The van der Waals surface area contributed by atoms with Crippen molar-refractivity contribution in [2.24, 2.45) is 28.2 Å². The number of hydrogen-bond donors (Lipinski definition) is 1. The second kappa shape index (κ2) is 8.86. The molecule has 0 unspecified atom stereocenters. The molecule has 7 heteroatoms. The van der Waals surface area contributed by atoms with Crippen LogP contribution in [0.1, 0.15) is 44.1 Å². The number of carbonyl (C=O) groups excluding carboxylic acids is 2. The van der Waals surface area contributed by atoms with Gasteiger partial charge in [0.05, 0.1) is 23.1 Å². The van der Waals surface area contributed by atoms with Crippen molar-refractivity contribution in [1.82, 2.24) is 5.32 Å². The van der Waals surface area contributed by atoms with E-state index in [0.717, 1.165) is 30.5 Å². The maximum absolute atomic E-state index is 13.4. The van der Waals surface area contributed by atoms with Gasteiger partial charge < -0.3 is 14.8 Å². The molecule has 35 heavy (non-hydrogen) atoms. The molecule has 1 heterocycles. The van der Waals surface area contributed by atoms with E-state index in [4.69, 9.17) is 9.47 Å². The molecule has 1 aliphatic heterocycles. The van der Waals surface area contributed by atoms with E-state index in [1.54, 1.807) is 25.3 Å². The molecule has 5 fully saturated rings. The normalized spacial score (nSPS) is 31.1. The first-order valence-corrected chi connectivity index (χ1v) is 13.1. The zero-order chi connectivity index (χ0) is 24.0. The molecular formula is C28H28N2O4S. The highest BCUT2D eigenvalue weighted by molar-refractivity contribution is 8.18. The van der Waals surface area contributed by atoms with Gasteiger partial charge in [-0.05, 0) is 104 Å². The largest absolute Gasteiger partial charge is 0.493 e. The number of thioether (sulfide) groups is 1. The van der Waals surface area contributed by atoms with Crippen molar-refractivity contribution in [3.63, 3.8) is 0 Å². The number of aliphatic imine (C=N–C) groups is 1. The number of rotatable bonds is 5. The minimum atomic E-state index is -0.326. The van der Waals surface area contributed by atoms with Gasteiger partial charge >= 0.3 is 5.97 Å². The van der Waals surface area contributed by atoms with Crippen LogP contribution in [0.5, 0.6) is 11.5 Å². The van der Waals surface area contributed by atoms with Crippen molar-refractivity contribution in [3.05, 3.63) is 59.0 Å². The van der Waals surface area contributed by atoms with Crippen molar-refractivity contribution in [2.45, 2.75) is 38.5 Å². The first kappa shape index (κ1) is 22.4. The molecule has 1 saturated heterocycles. The van der Waals surface area contributed by atoms with Crippen molar-refractivity contribution >= 4 is 40.6 Å². The maximum atomic E-state index is 13.4. The summed E-state index contributed by atoms with van der Waals surface area (Å²) >= 11 is 1.29. The third kappa shape index (κ3) is 4.38. The quantitative estimate of drug-likeness (QED) is 0.331. The molecule has 180 valence electrons. The van der Waals surface area contributed by atoms with Gasteiger partial charge in [0, 0.05) is 0 Å². The Morgan fingerprint density at radius 1 is 1.03 bits per heavy atom. The smallest absolute Gasteiger partial charge is 0.317 e. The summed E-state index contributed by atoms with van der Waals surface area (Å²) in [7, 11) is 1.57. The summed E-state index contributed by atoms with van der Waals surface area (Å²) in [5, 5.41) is 3.35. The van der Waals surface area contributed by atoms with Crippen LogP contribution in [0.2, 0.25) is 0 Å². The van der Waals surface area contributed by atoms with E-state index < -0.39 is 0 Å². The lowest BCUT2D eigenvalue weighted by Crippen LogP contribution is -2.51. The molecule has 0 atom stereocenters. The Morgan fingerprint density at radius 2 is 1.71 bits per heavy atom. The fourth-order valence-corrected chi connectivity index (χ4v) is 7.52. The molecule has 0 spiro atoms. The molecule has 2 aromatic carbocycles. The van der Waals surface area contributed by atoms with Gasteiger partial charge in [0.2, 0.25) is 0 Å². The number of methoxy groups -OCH3 is 1. The van der Waals surface area contributed by atoms with Crippen LogP contribution in [0, 0.1) is 23.2 Å². The topological polar surface area (TPSA) is 77.0 Å². The van der Waals surface area contributed by atoms with E-state index in [2.05, 4.69) is 10.3 Å². The van der Waals surface area contributed by atoms with Gasteiger partial charge in [0.1, 0.15) is 0 Å². The highest BCUT2D eigenvalue weighted by Gasteiger charge is 2.55. The molecule has 4 aliphatic carbocycles. The number of esters is 1. The van der Waals surface area contributed by atoms with Gasteiger partial charge in [-0.15, -0.1) is 0 Å². The van der Waals surface area contributed by atoms with Gasteiger partial charge in [-0.2, -0.15) is 0 Å². The highest BCUT2D eigenvalue weighted by Crippen LogP contribution is 2.60. The van der Waals surface area contributed by atoms with E-state index in [0.29, 0.717) is 39.3 Å². The van der Waals surface area contributed by atoms with Crippen LogP contribution >= 0.6 is 11.8 Å². The summed E-state index contributed by atoms with van der Waals surface area (Å²) in [6.45, 7) is 0. The maximum Gasteiger partial charge on any atom is 0.317 e. The number of amides is 1. The molecular weight excluding hydrogens is 460 g/mol. The highest BCUT2D eigenvalue weighted by atomic mass is 32.2. The van der Waals surface area contributed by atoms with Gasteiger partial charge in [-0.25, -0.2) is 4.99 Å². The summed E-state index contributed by atoms with van der Waals surface area (Å²) in [5.41, 5.74) is 1.24. The zero-order valence-electron chi connectivity index (χ0n) is 19.7. The van der Waals surface area contributed by atoms with E-state index in [1.165, 1.54) is 31.0 Å². The van der Waals surface area contributed by atoms with Crippen LogP contribution in [0.3, 0.4) is 0 Å². The molecule has 1 N–H and O–H groups in total. The first-order valence-electron chi connectivity index (χ1n) is 12.2. The van der Waals surface area contributed by atoms with Crippen molar-refractivity contribution in [1.29, 1.82) is 0 Å². The van der Waals surface area contributed by atoms with Crippen LogP contribution in [0.4, 0.5) is 5.69 Å². The SMILES string of the molecule is COc1cc(C=C2SC(=Nc3ccccc3)NC2=O)ccc1OC(=O)C12CC3CC(CC(C3)C1)C2. The molecule has 0 radical (unpaired) electrons. The Morgan fingerprint density at radius 3 is 2.37 bits per heavy atom. The minimum absolute atomic E-state index is 0.103. The van der Waals surface area contributed by atoms with Crippen molar-refractivity contribution in [3.8, 4) is 11.5 Å². The van der Waals surface area contributed by atoms with E-state index in [-0.39, 0.29) is 17.3 Å². The van der Waals surface area contributed by atoms with Crippen molar-refractivity contribution in [2.75, 3.05) is 7.11 Å². The Bertz CT molecular complexity index is 1200. The molecule has 5 aliphatic rings. The molecule has 4 bridgehead atoms. The van der Waals surface area contributed by atoms with E-state index in [1.807, 2.05) is 36.4 Å². The predicted octanol–water partition coefficient (Wildman–Crippen LogP) is 5.71. The predicted molar refractivity (Wildman–Crippen MR) is 136 cm³/mol. The van der Waals surface area contributed by atoms with Gasteiger partial charge in [0.25, 0.3) is 5.91 Å². The van der Waals surface area contributed by atoms with Crippen LogP contribution in [-0.4, -0.2) is 24.2 Å². The number of benzene rings is 2. The Kier molecular flexibility index (Phi) is 5.67. The molecule has 1 amide bonds. The third-order valence-corrected chi connectivity index (χ3v) is 8.71. The molecule has 2 aromatic rings. The fourth-order valence-electron chi connectivity index (χ4n) is 6.68. The average molecular weight is 489 g/mol. The zero-order valence-corrected chi connectivity index (χ0v) is 20.5. The number of amidine groups is 1. The Labute approximate surface area is 209 Å². The summed E-state index contributed by atoms with van der Waals surface area (Å²) in [5.74, 6) is 2.65. The Hall–Kier alpha value is -3.06. The second-order valence-electron chi connectivity index (χ2n) is 10.3. The number of nitrogens with zero attached hydrogens (tertiary/aromatic N) is 1. The van der Waals surface area contributed by atoms with Gasteiger partial charge in [-0.3, -0.25) is 9.59 Å². The lowest BCUT2D eigenvalue weighted by atomic mass is 9.49. The van der Waals surface area contributed by atoms with E-state index >= 15 is 0 Å². The minimum Gasteiger partial charge on any atom is -0.493 e. The standard InChI is InChI=1S/C28H28N2O4S/c1-33-23-12-17(13-24-25(31)30-27(35-24)29-21-5-3-2-4-6-21)7-8-22(23)34-26(32)28-14-18-9-19(15-28)11-20(10-18)16-28/h2-8,12-13,18-20H,9-11,14-16H2,1H3,(H,29,30,31). The van der Waals surface area contributed by atoms with Crippen LogP contribution in [0.25, 0.3) is 6.08 Å². The summed E-state index contributed by atoms with van der Waals surface area (Å²) in [6, 6.07) is 14.9. The third-order valence-electron chi connectivity index (χ3n) is 7.80. The molecule has 6 nitrogen and oxygen atoms in total.